The van der Waals surface area contributed by atoms with Gasteiger partial charge in [-0.15, -0.1) is 22.7 Å². The molecule has 0 atom stereocenters. The van der Waals surface area contributed by atoms with E-state index in [1.165, 1.54) is 106 Å². The van der Waals surface area contributed by atoms with E-state index in [1.807, 2.05) is 22.7 Å². The van der Waals surface area contributed by atoms with Crippen LogP contribution in [0.4, 0.5) is 0 Å². The minimum Gasteiger partial charge on any atom is -0.135 e. The minimum atomic E-state index is 1.24. The fraction of sp³-hybridized carbons (Fsp3) is 0. The predicted molar refractivity (Wildman–Crippen MR) is 221 cm³/mol. The Labute approximate surface area is 297 Å². The van der Waals surface area contributed by atoms with E-state index < -0.39 is 0 Å². The Morgan fingerprint density at radius 2 is 0.800 bits per heavy atom. The van der Waals surface area contributed by atoms with Crippen LogP contribution in [0.25, 0.3) is 106 Å². The Balaban J connectivity index is 1.06. The molecule has 0 nitrogen and oxygen atoms in total. The Morgan fingerprint density at radius 1 is 0.280 bits per heavy atom. The summed E-state index contributed by atoms with van der Waals surface area (Å²) in [6.07, 6.45) is 0. The van der Waals surface area contributed by atoms with E-state index in [-0.39, 0.29) is 0 Å². The fourth-order valence-corrected chi connectivity index (χ4v) is 10.7. The Hall–Kier alpha value is -5.80. The molecule has 0 saturated heterocycles. The van der Waals surface area contributed by atoms with Gasteiger partial charge in [0, 0.05) is 40.3 Å². The van der Waals surface area contributed by atoms with Crippen LogP contribution in [0.5, 0.6) is 0 Å². The zero-order valence-electron chi connectivity index (χ0n) is 27.0. The minimum absolute atomic E-state index is 1.24. The molecule has 0 unspecified atom stereocenters. The maximum absolute atomic E-state index is 2.40. The zero-order chi connectivity index (χ0) is 32.8. The van der Waals surface area contributed by atoms with Gasteiger partial charge in [-0.25, -0.2) is 0 Å². The van der Waals surface area contributed by atoms with Crippen LogP contribution in [0.1, 0.15) is 0 Å². The molecule has 11 aromatic rings. The van der Waals surface area contributed by atoms with Gasteiger partial charge in [0.05, 0.1) is 0 Å². The molecule has 0 bridgehead atoms. The number of benzene rings is 9. The van der Waals surface area contributed by atoms with Crippen molar-refractivity contribution in [3.8, 4) is 33.4 Å². The Morgan fingerprint density at radius 3 is 1.50 bits per heavy atom. The highest BCUT2D eigenvalue weighted by atomic mass is 32.1. The second-order valence-electron chi connectivity index (χ2n) is 13.2. The quantitative estimate of drug-likeness (QED) is 0.164. The molecule has 0 aliphatic heterocycles. The molecule has 2 heteroatoms. The number of fused-ring (bicyclic) bond motifs is 11. The van der Waals surface area contributed by atoms with E-state index in [1.54, 1.807) is 0 Å². The molecule has 11 rings (SSSR count). The third kappa shape index (κ3) is 4.10. The Kier molecular flexibility index (Phi) is 6.09. The van der Waals surface area contributed by atoms with Crippen molar-refractivity contribution in [2.75, 3.05) is 0 Å². The van der Waals surface area contributed by atoms with Gasteiger partial charge in [0.1, 0.15) is 0 Å². The standard InChI is InChI=1S/C48H28S2/c1-2-11-31(12-3-1)44-36-14-6-8-16-38(36)45(39-17-9-7-15-37(39)44)32-20-18-29(19-21-32)33-22-24-35-40-25-27-42-47(48(40)50-43(35)28-33)46-34-13-5-4-10-30(34)23-26-41(46)49-42/h1-28H. The first-order chi connectivity index (χ1) is 24.8. The fourth-order valence-electron chi connectivity index (χ4n) is 8.22. The van der Waals surface area contributed by atoms with E-state index in [9.17, 15) is 0 Å². The van der Waals surface area contributed by atoms with Crippen LogP contribution in [0.3, 0.4) is 0 Å². The predicted octanol–water partition coefficient (Wildman–Crippen LogP) is 14.9. The summed E-state index contributed by atoms with van der Waals surface area (Å²) in [6, 6.07) is 62.9. The molecule has 232 valence electrons. The van der Waals surface area contributed by atoms with Crippen molar-refractivity contribution in [1.29, 1.82) is 0 Å². The topological polar surface area (TPSA) is 0 Å². The van der Waals surface area contributed by atoms with Gasteiger partial charge in [-0.2, -0.15) is 0 Å². The first-order valence-electron chi connectivity index (χ1n) is 17.1. The second kappa shape index (κ2) is 10.9. The maximum atomic E-state index is 2.40. The van der Waals surface area contributed by atoms with Crippen LogP contribution in [-0.2, 0) is 0 Å². The molecule has 0 saturated carbocycles. The lowest BCUT2D eigenvalue weighted by Gasteiger charge is -2.18. The highest BCUT2D eigenvalue weighted by molar-refractivity contribution is 7.30. The number of hydrogen-bond acceptors (Lipinski definition) is 2. The lowest BCUT2D eigenvalue weighted by atomic mass is 9.86. The van der Waals surface area contributed by atoms with Crippen molar-refractivity contribution in [2.45, 2.75) is 0 Å². The van der Waals surface area contributed by atoms with Crippen LogP contribution in [-0.4, -0.2) is 0 Å². The largest absolute Gasteiger partial charge is 0.135 e. The van der Waals surface area contributed by atoms with E-state index in [2.05, 4.69) is 170 Å². The third-order valence-corrected chi connectivity index (χ3v) is 12.8. The summed E-state index contributed by atoms with van der Waals surface area (Å²) in [5.41, 5.74) is 7.57. The van der Waals surface area contributed by atoms with E-state index >= 15 is 0 Å². The lowest BCUT2D eigenvalue weighted by molar-refractivity contribution is 1.63. The van der Waals surface area contributed by atoms with Gasteiger partial charge >= 0.3 is 0 Å². The summed E-state index contributed by atoms with van der Waals surface area (Å²) in [4.78, 5) is 0. The molecule has 0 amide bonds. The summed E-state index contributed by atoms with van der Waals surface area (Å²) in [5.74, 6) is 0. The number of thiophene rings is 2. The number of rotatable bonds is 3. The molecule has 2 heterocycles. The normalized spacial score (nSPS) is 12.0. The summed E-state index contributed by atoms with van der Waals surface area (Å²) in [6.45, 7) is 0. The summed E-state index contributed by atoms with van der Waals surface area (Å²) >= 11 is 3.85. The first-order valence-corrected chi connectivity index (χ1v) is 18.7. The highest BCUT2D eigenvalue weighted by Gasteiger charge is 2.18. The highest BCUT2D eigenvalue weighted by Crippen LogP contribution is 2.48. The SMILES string of the molecule is c1ccc(-c2c3ccccc3c(-c3ccc(-c4ccc5c(c4)sc4c5ccc5sc6ccc7ccccc7c6c54)cc3)c3ccccc23)cc1. The molecule has 9 aromatic carbocycles. The molecule has 0 aliphatic rings. The molecular formula is C48H28S2. The molecule has 0 spiro atoms. The average Bonchev–Trinajstić information content (AvgIpc) is 3.76. The Bertz CT molecular complexity index is 3070. The van der Waals surface area contributed by atoms with Gasteiger partial charge < -0.3 is 0 Å². The van der Waals surface area contributed by atoms with Crippen molar-refractivity contribution in [1.82, 2.24) is 0 Å². The van der Waals surface area contributed by atoms with Crippen LogP contribution < -0.4 is 0 Å². The third-order valence-electron chi connectivity index (χ3n) is 10.5. The van der Waals surface area contributed by atoms with Crippen LogP contribution in [0, 0.1) is 0 Å². The van der Waals surface area contributed by atoms with Crippen molar-refractivity contribution >= 4 is 95.3 Å². The molecule has 0 radical (unpaired) electrons. The maximum Gasteiger partial charge on any atom is 0.0448 e. The number of hydrogen-bond donors (Lipinski definition) is 0. The smallest absolute Gasteiger partial charge is 0.0448 e. The van der Waals surface area contributed by atoms with Gasteiger partial charge in [-0.1, -0.05) is 152 Å². The monoisotopic (exact) mass is 668 g/mol. The van der Waals surface area contributed by atoms with E-state index in [0.717, 1.165) is 0 Å². The second-order valence-corrected chi connectivity index (χ2v) is 15.3. The van der Waals surface area contributed by atoms with Gasteiger partial charge in [0.25, 0.3) is 0 Å². The van der Waals surface area contributed by atoms with Crippen molar-refractivity contribution < 1.29 is 0 Å². The van der Waals surface area contributed by atoms with Crippen LogP contribution >= 0.6 is 22.7 Å². The van der Waals surface area contributed by atoms with Gasteiger partial charge in [0.15, 0.2) is 0 Å². The van der Waals surface area contributed by atoms with Crippen LogP contribution in [0.15, 0.2) is 170 Å². The lowest BCUT2D eigenvalue weighted by Crippen LogP contribution is -1.90. The summed E-state index contributed by atoms with van der Waals surface area (Å²) < 4.78 is 5.45. The molecule has 50 heavy (non-hydrogen) atoms. The summed E-state index contributed by atoms with van der Waals surface area (Å²) in [5, 5.41) is 13.3. The van der Waals surface area contributed by atoms with Crippen molar-refractivity contribution in [3.05, 3.63) is 170 Å². The zero-order valence-corrected chi connectivity index (χ0v) is 28.6. The van der Waals surface area contributed by atoms with Crippen LogP contribution in [0.2, 0.25) is 0 Å². The van der Waals surface area contributed by atoms with E-state index in [0.29, 0.717) is 0 Å². The first kappa shape index (κ1) is 28.1. The van der Waals surface area contributed by atoms with Crippen molar-refractivity contribution in [2.24, 2.45) is 0 Å². The average molecular weight is 669 g/mol. The van der Waals surface area contributed by atoms with Crippen molar-refractivity contribution in [3.63, 3.8) is 0 Å². The van der Waals surface area contributed by atoms with Gasteiger partial charge in [-0.05, 0) is 83.9 Å². The molecule has 0 N–H and O–H groups in total. The molecular weight excluding hydrogens is 641 g/mol. The molecule has 2 aromatic heterocycles. The van der Waals surface area contributed by atoms with Gasteiger partial charge in [0.2, 0.25) is 0 Å². The molecule has 0 fully saturated rings. The summed E-state index contributed by atoms with van der Waals surface area (Å²) in [7, 11) is 0. The van der Waals surface area contributed by atoms with E-state index in [4.69, 9.17) is 0 Å². The van der Waals surface area contributed by atoms with Gasteiger partial charge in [-0.3, -0.25) is 0 Å². The molecule has 0 aliphatic carbocycles.